The fraction of sp³-hybridized carbons (Fsp3) is 0.444. The van der Waals surface area contributed by atoms with E-state index in [4.69, 9.17) is 9.47 Å². The van der Waals surface area contributed by atoms with E-state index in [1.807, 2.05) is 18.2 Å². The van der Waals surface area contributed by atoms with E-state index >= 15 is 0 Å². The maximum Gasteiger partial charge on any atom is 0.347 e. The average molecular weight is 362 g/mol. The van der Waals surface area contributed by atoms with Gasteiger partial charge in [-0.3, -0.25) is 4.90 Å². The van der Waals surface area contributed by atoms with Gasteiger partial charge in [-0.1, -0.05) is 0 Å². The number of hydrogen-bond donors (Lipinski definition) is 1. The minimum Gasteiger partial charge on any atom is -0.493 e. The second kappa shape index (κ2) is 7.84. The number of carboxylic acid groups (broad SMARTS) is 1. The molecule has 6 nitrogen and oxygen atoms in total. The number of benzene rings is 1. The van der Waals surface area contributed by atoms with Crippen molar-refractivity contribution in [2.45, 2.75) is 19.8 Å². The van der Waals surface area contributed by atoms with Gasteiger partial charge in [0, 0.05) is 12.1 Å². The van der Waals surface area contributed by atoms with Gasteiger partial charge in [0.05, 0.1) is 12.8 Å². The zero-order chi connectivity index (χ0) is 17.8. The first kappa shape index (κ1) is 17.7. The predicted octanol–water partition coefficient (Wildman–Crippen LogP) is 3.30. The number of aromatic nitrogens is 1. The third kappa shape index (κ3) is 4.11. The van der Waals surface area contributed by atoms with E-state index in [0.717, 1.165) is 25.2 Å². The monoisotopic (exact) mass is 362 g/mol. The third-order valence-electron chi connectivity index (χ3n) is 4.27. The lowest BCUT2D eigenvalue weighted by Gasteiger charge is -2.16. The summed E-state index contributed by atoms with van der Waals surface area (Å²) in [5, 5.41) is 9.84. The van der Waals surface area contributed by atoms with Crippen LogP contribution in [0.1, 0.15) is 28.2 Å². The first-order chi connectivity index (χ1) is 12.1. The molecule has 2 heterocycles. The largest absolute Gasteiger partial charge is 0.493 e. The number of carboxylic acids is 1. The molecule has 1 fully saturated rings. The van der Waals surface area contributed by atoms with Crippen LogP contribution in [0.2, 0.25) is 0 Å². The van der Waals surface area contributed by atoms with Crippen LogP contribution in [0.25, 0.3) is 10.6 Å². The summed E-state index contributed by atoms with van der Waals surface area (Å²) in [6, 6.07) is 5.59. The van der Waals surface area contributed by atoms with Crippen molar-refractivity contribution in [3.05, 3.63) is 28.8 Å². The number of likely N-dealkylation sites (tertiary alicyclic amines) is 1. The molecule has 1 aromatic carbocycles. The maximum absolute atomic E-state index is 11.2. The van der Waals surface area contributed by atoms with Crippen molar-refractivity contribution in [1.82, 2.24) is 9.88 Å². The van der Waals surface area contributed by atoms with Crippen molar-refractivity contribution in [1.29, 1.82) is 0 Å². The Morgan fingerprint density at radius 1 is 1.32 bits per heavy atom. The van der Waals surface area contributed by atoms with E-state index in [1.165, 1.54) is 24.2 Å². The van der Waals surface area contributed by atoms with Crippen LogP contribution in [0, 0.1) is 6.92 Å². The lowest BCUT2D eigenvalue weighted by molar-refractivity contribution is 0.0701. The topological polar surface area (TPSA) is 71.9 Å². The van der Waals surface area contributed by atoms with Crippen molar-refractivity contribution in [2.24, 2.45) is 0 Å². The Morgan fingerprint density at radius 2 is 2.08 bits per heavy atom. The molecule has 1 aliphatic heterocycles. The molecule has 1 aromatic heterocycles. The van der Waals surface area contributed by atoms with E-state index in [-0.39, 0.29) is 4.88 Å². The Balaban J connectivity index is 1.72. The van der Waals surface area contributed by atoms with Gasteiger partial charge in [-0.05, 0) is 51.1 Å². The Morgan fingerprint density at radius 3 is 2.72 bits per heavy atom. The highest BCUT2D eigenvalue weighted by molar-refractivity contribution is 7.17. The lowest BCUT2D eigenvalue weighted by Crippen LogP contribution is -2.25. The van der Waals surface area contributed by atoms with E-state index in [1.54, 1.807) is 14.0 Å². The molecule has 0 bridgehead atoms. The maximum atomic E-state index is 11.2. The van der Waals surface area contributed by atoms with Gasteiger partial charge < -0.3 is 14.6 Å². The molecular formula is C18H22N2O4S. The lowest BCUT2D eigenvalue weighted by atomic mass is 10.2. The molecule has 0 spiro atoms. The van der Waals surface area contributed by atoms with Crippen molar-refractivity contribution < 1.29 is 19.4 Å². The van der Waals surface area contributed by atoms with Crippen LogP contribution in [0.4, 0.5) is 0 Å². The molecule has 1 saturated heterocycles. The van der Waals surface area contributed by atoms with Crippen LogP contribution in [-0.4, -0.2) is 54.3 Å². The normalized spacial score (nSPS) is 14.6. The SMILES string of the molecule is COc1cc(-c2nc(C)c(C(=O)O)s2)ccc1OCCN1CCCC1. The first-order valence-corrected chi connectivity index (χ1v) is 9.14. The summed E-state index contributed by atoms with van der Waals surface area (Å²) in [4.78, 5) is 18.2. The predicted molar refractivity (Wildman–Crippen MR) is 97.0 cm³/mol. The smallest absolute Gasteiger partial charge is 0.347 e. The number of thiazole rings is 1. The zero-order valence-corrected chi connectivity index (χ0v) is 15.3. The molecule has 0 amide bonds. The Kier molecular flexibility index (Phi) is 5.55. The molecule has 0 radical (unpaired) electrons. The minimum atomic E-state index is -0.949. The van der Waals surface area contributed by atoms with Crippen molar-refractivity contribution in [2.75, 3.05) is 33.4 Å². The highest BCUT2D eigenvalue weighted by Crippen LogP contribution is 2.35. The van der Waals surface area contributed by atoms with Crippen LogP contribution in [-0.2, 0) is 0 Å². The Bertz CT molecular complexity index is 754. The molecule has 25 heavy (non-hydrogen) atoms. The van der Waals surface area contributed by atoms with Crippen molar-refractivity contribution in [3.63, 3.8) is 0 Å². The van der Waals surface area contributed by atoms with Crippen molar-refractivity contribution >= 4 is 17.3 Å². The second-order valence-electron chi connectivity index (χ2n) is 6.00. The number of hydrogen-bond acceptors (Lipinski definition) is 6. The fourth-order valence-corrected chi connectivity index (χ4v) is 3.83. The van der Waals surface area contributed by atoms with E-state index in [0.29, 0.717) is 28.8 Å². The number of ether oxygens (including phenoxy) is 2. The quantitative estimate of drug-likeness (QED) is 0.815. The molecule has 7 heteroatoms. The number of aryl methyl sites for hydroxylation is 1. The number of nitrogens with zero attached hydrogens (tertiary/aromatic N) is 2. The van der Waals surface area contributed by atoms with Gasteiger partial charge >= 0.3 is 5.97 Å². The van der Waals surface area contributed by atoms with E-state index < -0.39 is 5.97 Å². The van der Waals surface area contributed by atoms with Crippen LogP contribution < -0.4 is 9.47 Å². The van der Waals surface area contributed by atoms with Gasteiger partial charge in [0.2, 0.25) is 0 Å². The van der Waals surface area contributed by atoms with Gasteiger partial charge in [0.15, 0.2) is 11.5 Å². The molecule has 0 atom stereocenters. The fourth-order valence-electron chi connectivity index (χ4n) is 2.93. The van der Waals surface area contributed by atoms with E-state index in [9.17, 15) is 9.90 Å². The zero-order valence-electron chi connectivity index (χ0n) is 14.4. The molecule has 134 valence electrons. The summed E-state index contributed by atoms with van der Waals surface area (Å²) in [6.45, 7) is 5.54. The molecule has 1 N–H and O–H groups in total. The summed E-state index contributed by atoms with van der Waals surface area (Å²) < 4.78 is 11.3. The minimum absolute atomic E-state index is 0.264. The van der Waals surface area contributed by atoms with Gasteiger partial charge in [-0.25, -0.2) is 9.78 Å². The molecule has 0 unspecified atom stereocenters. The molecule has 2 aromatic rings. The van der Waals surface area contributed by atoms with Gasteiger partial charge in [0.1, 0.15) is 16.5 Å². The Hall–Kier alpha value is -2.12. The van der Waals surface area contributed by atoms with E-state index in [2.05, 4.69) is 9.88 Å². The number of aromatic carboxylic acids is 1. The summed E-state index contributed by atoms with van der Waals surface area (Å²) in [5.74, 6) is 0.371. The standard InChI is InChI=1S/C18H22N2O4S/c1-12-16(18(21)22)25-17(19-12)13-5-6-14(15(11-13)23-2)24-10-9-20-7-3-4-8-20/h5-6,11H,3-4,7-10H2,1-2H3,(H,21,22). The summed E-state index contributed by atoms with van der Waals surface area (Å²) >= 11 is 1.17. The summed E-state index contributed by atoms with van der Waals surface area (Å²) in [6.07, 6.45) is 2.53. The van der Waals surface area contributed by atoms with Gasteiger partial charge in [0.25, 0.3) is 0 Å². The van der Waals surface area contributed by atoms with Crippen molar-refractivity contribution in [3.8, 4) is 22.1 Å². The highest BCUT2D eigenvalue weighted by atomic mass is 32.1. The average Bonchev–Trinajstić information content (AvgIpc) is 3.24. The highest BCUT2D eigenvalue weighted by Gasteiger charge is 2.17. The molecule has 3 rings (SSSR count). The molecule has 1 aliphatic rings. The van der Waals surface area contributed by atoms with Gasteiger partial charge in [-0.15, -0.1) is 11.3 Å². The third-order valence-corrected chi connectivity index (χ3v) is 5.46. The molecular weight excluding hydrogens is 340 g/mol. The van der Waals surface area contributed by atoms with Crippen LogP contribution >= 0.6 is 11.3 Å². The van der Waals surface area contributed by atoms with Crippen LogP contribution in [0.3, 0.4) is 0 Å². The summed E-state index contributed by atoms with van der Waals surface area (Å²) in [7, 11) is 1.60. The summed E-state index contributed by atoms with van der Waals surface area (Å²) in [5.41, 5.74) is 1.35. The first-order valence-electron chi connectivity index (χ1n) is 8.33. The molecule has 0 aliphatic carbocycles. The number of carbonyl (C=O) groups is 1. The Labute approximate surface area is 151 Å². The second-order valence-corrected chi connectivity index (χ2v) is 7.00. The van der Waals surface area contributed by atoms with Gasteiger partial charge in [-0.2, -0.15) is 0 Å². The number of rotatable bonds is 7. The molecule has 0 saturated carbocycles. The van der Waals surface area contributed by atoms with Crippen LogP contribution in [0.5, 0.6) is 11.5 Å². The van der Waals surface area contributed by atoms with Crippen LogP contribution in [0.15, 0.2) is 18.2 Å². The number of methoxy groups -OCH3 is 1.